The van der Waals surface area contributed by atoms with Gasteiger partial charge in [-0.2, -0.15) is 18.3 Å². The Morgan fingerprint density at radius 3 is 2.45 bits per heavy atom. The number of H-pyrrole nitrogens is 1. The summed E-state index contributed by atoms with van der Waals surface area (Å²) < 4.78 is 36.6. The second-order valence-corrected chi connectivity index (χ2v) is 4.68. The molecule has 0 aliphatic carbocycles. The second-order valence-electron chi connectivity index (χ2n) is 4.25. The first-order valence-corrected chi connectivity index (χ1v) is 6.39. The maximum atomic E-state index is 12.2. The van der Waals surface area contributed by atoms with Crippen LogP contribution >= 0.6 is 11.6 Å². The summed E-state index contributed by atoms with van der Waals surface area (Å²) in [6.45, 7) is 0. The molecule has 1 atom stereocenters. The lowest BCUT2D eigenvalue weighted by Gasteiger charge is -2.10. The second kappa shape index (κ2) is 6.18. The summed E-state index contributed by atoms with van der Waals surface area (Å²) in [5.74, 6) is -3.58. The minimum Gasteiger partial charge on any atom is -0.309 e. The molecule has 2 rings (SSSR count). The van der Waals surface area contributed by atoms with E-state index in [2.05, 4.69) is 15.5 Å². The molecule has 0 bridgehead atoms. The molecule has 0 radical (unpaired) electrons. The normalized spacial score (nSPS) is 12.7. The number of benzene rings is 1. The van der Waals surface area contributed by atoms with Crippen molar-refractivity contribution in [3.8, 4) is 11.3 Å². The van der Waals surface area contributed by atoms with Crippen molar-refractivity contribution in [2.24, 2.45) is 0 Å². The molecule has 0 aliphatic heterocycles. The minimum absolute atomic E-state index is 0.0319. The van der Waals surface area contributed by atoms with Crippen LogP contribution < -0.4 is 5.32 Å². The van der Waals surface area contributed by atoms with Crippen molar-refractivity contribution in [1.82, 2.24) is 10.2 Å². The molecule has 9 heteroatoms. The minimum atomic E-state index is -5.17. The Morgan fingerprint density at radius 1 is 1.23 bits per heavy atom. The molecule has 1 unspecified atom stereocenters. The van der Waals surface area contributed by atoms with Gasteiger partial charge in [-0.15, -0.1) is 11.6 Å². The Bertz CT molecular complexity index is 685. The van der Waals surface area contributed by atoms with Gasteiger partial charge in [0.15, 0.2) is 5.38 Å². The number of rotatable bonds is 4. The average Bonchev–Trinajstić information content (AvgIpc) is 2.94. The van der Waals surface area contributed by atoms with E-state index in [1.54, 1.807) is 30.3 Å². The maximum Gasteiger partial charge on any atom is 0.452 e. The van der Waals surface area contributed by atoms with Gasteiger partial charge < -0.3 is 5.32 Å². The van der Waals surface area contributed by atoms with E-state index < -0.39 is 23.2 Å². The number of alkyl halides is 4. The number of carbonyl (C=O) groups is 2. The van der Waals surface area contributed by atoms with E-state index in [0.717, 1.165) is 5.56 Å². The summed E-state index contributed by atoms with van der Waals surface area (Å²) in [6.07, 6.45) is -5.17. The number of nitrogens with one attached hydrogen (secondary N) is 2. The van der Waals surface area contributed by atoms with Gasteiger partial charge in [-0.25, -0.2) is 0 Å². The van der Waals surface area contributed by atoms with Crippen molar-refractivity contribution in [3.63, 3.8) is 0 Å². The quantitative estimate of drug-likeness (QED) is 0.668. The van der Waals surface area contributed by atoms with Gasteiger partial charge in [0.2, 0.25) is 0 Å². The van der Waals surface area contributed by atoms with Crippen LogP contribution in [0.1, 0.15) is 0 Å². The monoisotopic (exact) mass is 331 g/mol. The first-order valence-electron chi connectivity index (χ1n) is 5.96. The van der Waals surface area contributed by atoms with E-state index in [0.29, 0.717) is 5.69 Å². The summed E-state index contributed by atoms with van der Waals surface area (Å²) in [7, 11) is 0. The van der Waals surface area contributed by atoms with Gasteiger partial charge in [0.05, 0.1) is 5.69 Å². The predicted octanol–water partition coefficient (Wildman–Crippen LogP) is 2.75. The van der Waals surface area contributed by atoms with Crippen molar-refractivity contribution >= 4 is 29.1 Å². The zero-order valence-corrected chi connectivity index (χ0v) is 11.6. The number of aromatic nitrogens is 2. The molecule has 1 aromatic carbocycles. The van der Waals surface area contributed by atoms with Crippen molar-refractivity contribution < 1.29 is 22.8 Å². The smallest absolute Gasteiger partial charge is 0.309 e. The number of hydrogen-bond acceptors (Lipinski definition) is 3. The largest absolute Gasteiger partial charge is 0.452 e. The molecule has 0 saturated carbocycles. The molecular formula is C13H9ClF3N3O2. The van der Waals surface area contributed by atoms with Crippen LogP contribution in [0.2, 0.25) is 0 Å². The first kappa shape index (κ1) is 16.0. The van der Waals surface area contributed by atoms with E-state index in [1.807, 2.05) is 0 Å². The highest BCUT2D eigenvalue weighted by atomic mass is 35.5. The van der Waals surface area contributed by atoms with Crippen LogP contribution in [-0.2, 0) is 9.59 Å². The molecule has 0 saturated heterocycles. The molecule has 1 aromatic heterocycles. The number of carbonyl (C=O) groups excluding carboxylic acids is 2. The van der Waals surface area contributed by atoms with Crippen LogP contribution in [0.3, 0.4) is 0 Å². The Balaban J connectivity index is 2.07. The molecule has 1 heterocycles. The predicted molar refractivity (Wildman–Crippen MR) is 73.4 cm³/mol. The summed E-state index contributed by atoms with van der Waals surface area (Å²) >= 11 is 5.22. The Hall–Kier alpha value is -2.35. The number of halogens is 4. The lowest BCUT2D eigenvalue weighted by atomic mass is 10.1. The van der Waals surface area contributed by atoms with Crippen LogP contribution in [0.25, 0.3) is 11.3 Å². The maximum absolute atomic E-state index is 12.2. The van der Waals surface area contributed by atoms with Crippen LogP contribution in [-0.4, -0.2) is 33.4 Å². The molecule has 22 heavy (non-hydrogen) atoms. The van der Waals surface area contributed by atoms with E-state index >= 15 is 0 Å². The standard InChI is InChI=1S/C13H9ClF3N3O2/c14-10(11(21)13(15,16)17)12(22)18-9-6-8(19-20-9)7-4-2-1-3-5-7/h1-6,10H,(H2,18,19,20,22). The van der Waals surface area contributed by atoms with Gasteiger partial charge in [0.25, 0.3) is 11.7 Å². The van der Waals surface area contributed by atoms with Crippen molar-refractivity contribution in [2.75, 3.05) is 5.32 Å². The van der Waals surface area contributed by atoms with Crippen LogP contribution in [0.4, 0.5) is 19.0 Å². The lowest BCUT2D eigenvalue weighted by molar-refractivity contribution is -0.171. The fourth-order valence-electron chi connectivity index (χ4n) is 1.60. The van der Waals surface area contributed by atoms with Crippen LogP contribution in [0, 0.1) is 0 Å². The zero-order valence-electron chi connectivity index (χ0n) is 10.8. The van der Waals surface area contributed by atoms with E-state index in [9.17, 15) is 22.8 Å². The third kappa shape index (κ3) is 3.64. The number of anilines is 1. The van der Waals surface area contributed by atoms with E-state index in [1.165, 1.54) is 6.07 Å². The molecule has 0 fully saturated rings. The number of ketones is 1. The van der Waals surface area contributed by atoms with Crippen LogP contribution in [0.5, 0.6) is 0 Å². The van der Waals surface area contributed by atoms with Gasteiger partial charge in [0, 0.05) is 11.6 Å². The fourth-order valence-corrected chi connectivity index (χ4v) is 1.78. The summed E-state index contributed by atoms with van der Waals surface area (Å²) in [4.78, 5) is 22.4. The van der Waals surface area contributed by atoms with Crippen LogP contribution in [0.15, 0.2) is 36.4 Å². The van der Waals surface area contributed by atoms with Gasteiger partial charge >= 0.3 is 6.18 Å². The van der Waals surface area contributed by atoms with Gasteiger partial charge in [0.1, 0.15) is 5.82 Å². The van der Waals surface area contributed by atoms with E-state index in [4.69, 9.17) is 11.6 Å². The number of aromatic amines is 1. The van der Waals surface area contributed by atoms with Gasteiger partial charge in [-0.1, -0.05) is 30.3 Å². The molecule has 0 aliphatic rings. The molecule has 116 valence electrons. The highest BCUT2D eigenvalue weighted by Gasteiger charge is 2.45. The van der Waals surface area contributed by atoms with Crippen molar-refractivity contribution in [1.29, 1.82) is 0 Å². The number of amides is 1. The third-order valence-electron chi connectivity index (χ3n) is 2.65. The summed E-state index contributed by atoms with van der Waals surface area (Å²) in [5, 5.41) is 6.05. The molecule has 1 amide bonds. The SMILES string of the molecule is O=C(Nc1cc(-c2ccccc2)n[nH]1)C(Cl)C(=O)C(F)(F)F. The Kier molecular flexibility index (Phi) is 4.51. The first-order chi connectivity index (χ1) is 10.3. The third-order valence-corrected chi connectivity index (χ3v) is 3.04. The molecule has 5 nitrogen and oxygen atoms in total. The topological polar surface area (TPSA) is 74.8 Å². The highest BCUT2D eigenvalue weighted by Crippen LogP contribution is 2.22. The lowest BCUT2D eigenvalue weighted by Crippen LogP contribution is -2.39. The Morgan fingerprint density at radius 2 is 1.86 bits per heavy atom. The van der Waals surface area contributed by atoms with Crippen molar-refractivity contribution in [2.45, 2.75) is 11.6 Å². The number of hydrogen-bond donors (Lipinski definition) is 2. The van der Waals surface area contributed by atoms with Crippen molar-refractivity contribution in [3.05, 3.63) is 36.4 Å². The molecule has 2 aromatic rings. The Labute approximate surface area is 127 Å². The summed E-state index contributed by atoms with van der Waals surface area (Å²) in [6, 6.07) is 10.3. The number of nitrogens with zero attached hydrogens (tertiary/aromatic N) is 1. The zero-order chi connectivity index (χ0) is 16.3. The van der Waals surface area contributed by atoms with Gasteiger partial charge in [-0.3, -0.25) is 14.7 Å². The van der Waals surface area contributed by atoms with E-state index in [-0.39, 0.29) is 5.82 Å². The average molecular weight is 332 g/mol. The fraction of sp³-hybridized carbons (Fsp3) is 0.154. The highest BCUT2D eigenvalue weighted by molar-refractivity contribution is 6.43. The van der Waals surface area contributed by atoms with Gasteiger partial charge in [-0.05, 0) is 0 Å². The number of Topliss-reactive ketones (excluding diaryl/α,β-unsaturated/α-hetero) is 1. The molecular weight excluding hydrogens is 323 g/mol. The molecule has 2 N–H and O–H groups in total. The summed E-state index contributed by atoms with van der Waals surface area (Å²) in [5.41, 5.74) is 1.22. The molecule has 0 spiro atoms.